The number of hydrogen-bond acceptors (Lipinski definition) is 6. The number of rotatable bonds is 6. The van der Waals surface area contributed by atoms with E-state index in [1.807, 2.05) is 0 Å². The molecule has 8 nitrogen and oxygen atoms in total. The highest BCUT2D eigenvalue weighted by Crippen LogP contribution is 2.25. The zero-order valence-electron chi connectivity index (χ0n) is 14.9. The first-order valence-electron chi connectivity index (χ1n) is 8.42. The van der Waals surface area contributed by atoms with Crippen LogP contribution in [0.4, 0.5) is 5.69 Å². The molecule has 2 aromatic carbocycles. The van der Waals surface area contributed by atoms with Crippen molar-refractivity contribution in [2.45, 2.75) is 29.9 Å². The molecule has 1 amide bonds. The molecule has 1 heterocycles. The van der Waals surface area contributed by atoms with Gasteiger partial charge in [-0.25, -0.2) is 13.6 Å². The Morgan fingerprint density at radius 2 is 1.64 bits per heavy atom. The molecule has 1 fully saturated rings. The van der Waals surface area contributed by atoms with Crippen LogP contribution < -0.4 is 20.9 Å². The fourth-order valence-corrected chi connectivity index (χ4v) is 3.25. The van der Waals surface area contributed by atoms with Crippen molar-refractivity contribution in [3.63, 3.8) is 0 Å². The van der Waals surface area contributed by atoms with Gasteiger partial charge < -0.3 is 20.5 Å². The van der Waals surface area contributed by atoms with Crippen molar-refractivity contribution >= 4 is 34.0 Å². The summed E-state index contributed by atoms with van der Waals surface area (Å²) in [5.74, 6) is 0.807. The van der Waals surface area contributed by atoms with Crippen LogP contribution in [0.2, 0.25) is 0 Å². The van der Waals surface area contributed by atoms with E-state index in [1.54, 1.807) is 24.3 Å². The Balaban J connectivity index is 0.00000280. The highest BCUT2D eigenvalue weighted by molar-refractivity contribution is 7.89. The number of halogens is 1. The molecule has 0 saturated carbocycles. The smallest absolute Gasteiger partial charge is 0.253 e. The minimum atomic E-state index is -3.73. The molecule has 0 aromatic heterocycles. The zero-order chi connectivity index (χ0) is 19.4. The molecule has 1 aliphatic heterocycles. The van der Waals surface area contributed by atoms with Crippen LogP contribution in [0, 0.1) is 0 Å². The van der Waals surface area contributed by atoms with Crippen LogP contribution in [0.15, 0.2) is 53.4 Å². The molecule has 1 aliphatic rings. The van der Waals surface area contributed by atoms with Gasteiger partial charge in [-0.3, -0.25) is 4.79 Å². The van der Waals surface area contributed by atoms with Gasteiger partial charge in [-0.05, 0) is 61.4 Å². The van der Waals surface area contributed by atoms with Crippen LogP contribution in [0.25, 0.3) is 0 Å². The van der Waals surface area contributed by atoms with Gasteiger partial charge in [-0.2, -0.15) is 0 Å². The number of carbonyl (C=O) groups excluding carboxylic acids is 1. The van der Waals surface area contributed by atoms with E-state index >= 15 is 0 Å². The molecule has 152 valence electrons. The molecule has 2 atom stereocenters. The number of primary sulfonamides is 1. The van der Waals surface area contributed by atoms with Crippen molar-refractivity contribution in [2.24, 2.45) is 10.9 Å². The monoisotopic (exact) mass is 427 g/mol. The maximum absolute atomic E-state index is 12.2. The molecule has 0 bridgehead atoms. The lowest BCUT2D eigenvalue weighted by Crippen LogP contribution is -2.29. The number of anilines is 1. The fourth-order valence-electron chi connectivity index (χ4n) is 2.73. The van der Waals surface area contributed by atoms with E-state index in [4.69, 9.17) is 20.3 Å². The first-order valence-corrected chi connectivity index (χ1v) is 9.97. The molecule has 0 spiro atoms. The van der Waals surface area contributed by atoms with E-state index in [-0.39, 0.29) is 29.3 Å². The molecular weight excluding hydrogens is 406 g/mol. The second-order valence-electron chi connectivity index (χ2n) is 6.19. The first kappa shape index (κ1) is 22.1. The van der Waals surface area contributed by atoms with Crippen molar-refractivity contribution in [2.75, 3.05) is 11.9 Å². The average molecular weight is 428 g/mol. The lowest BCUT2D eigenvalue weighted by atomic mass is 10.2. The van der Waals surface area contributed by atoms with E-state index in [0.29, 0.717) is 30.2 Å². The van der Waals surface area contributed by atoms with Gasteiger partial charge >= 0.3 is 0 Å². The lowest BCUT2D eigenvalue weighted by molar-refractivity contribution is -0.126. The molecule has 3 rings (SSSR count). The zero-order valence-corrected chi connectivity index (χ0v) is 16.5. The number of carbonyl (C=O) groups is 1. The number of hydrogen-bond donors (Lipinski definition) is 3. The number of ether oxygens (including phenoxy) is 2. The van der Waals surface area contributed by atoms with E-state index in [9.17, 15) is 13.2 Å². The Labute approximate surface area is 169 Å². The third kappa shape index (κ3) is 5.66. The molecule has 2 aromatic rings. The van der Waals surface area contributed by atoms with E-state index in [1.165, 1.54) is 24.3 Å². The molecular formula is C18H22ClN3O5S. The summed E-state index contributed by atoms with van der Waals surface area (Å²) in [6.45, 7) is 0.411. The maximum atomic E-state index is 12.2. The Morgan fingerprint density at radius 1 is 1.07 bits per heavy atom. The van der Waals surface area contributed by atoms with Gasteiger partial charge in [0, 0.05) is 12.2 Å². The Morgan fingerprint density at radius 3 is 2.14 bits per heavy atom. The third-order valence-corrected chi connectivity index (χ3v) is 5.10. The van der Waals surface area contributed by atoms with Crippen molar-refractivity contribution in [1.29, 1.82) is 0 Å². The quantitative estimate of drug-likeness (QED) is 0.645. The third-order valence-electron chi connectivity index (χ3n) is 4.17. The van der Waals surface area contributed by atoms with E-state index in [2.05, 4.69) is 5.32 Å². The topological polar surface area (TPSA) is 134 Å². The Kier molecular flexibility index (Phi) is 7.39. The summed E-state index contributed by atoms with van der Waals surface area (Å²) >= 11 is 0. The SMILES string of the molecule is Cl.NC[C@H]1CC[C@@H](C(=O)Nc2ccc(Oc3ccc(S(N)(=O)=O)cc3)cc2)O1. The first-order chi connectivity index (χ1) is 12.8. The van der Waals surface area contributed by atoms with Crippen molar-refractivity contribution in [3.8, 4) is 11.5 Å². The molecule has 10 heteroatoms. The van der Waals surface area contributed by atoms with Gasteiger partial charge in [-0.1, -0.05) is 0 Å². The number of amides is 1. The van der Waals surface area contributed by atoms with Crippen molar-refractivity contribution < 1.29 is 22.7 Å². The number of nitrogens with two attached hydrogens (primary N) is 2. The average Bonchev–Trinajstić information content (AvgIpc) is 3.12. The minimum absolute atomic E-state index is 0. The summed E-state index contributed by atoms with van der Waals surface area (Å²) in [4.78, 5) is 12.2. The van der Waals surface area contributed by atoms with Gasteiger partial charge in [0.1, 0.15) is 17.6 Å². The van der Waals surface area contributed by atoms with E-state index in [0.717, 1.165) is 6.42 Å². The minimum Gasteiger partial charge on any atom is -0.457 e. The van der Waals surface area contributed by atoms with Crippen LogP contribution >= 0.6 is 12.4 Å². The highest BCUT2D eigenvalue weighted by Gasteiger charge is 2.29. The molecule has 0 aliphatic carbocycles. The number of benzene rings is 2. The summed E-state index contributed by atoms with van der Waals surface area (Å²) in [7, 11) is -3.73. The normalized spacial score (nSPS) is 18.9. The van der Waals surface area contributed by atoms with Crippen molar-refractivity contribution in [1.82, 2.24) is 0 Å². The number of sulfonamides is 1. The Hall–Kier alpha value is -2.17. The van der Waals surface area contributed by atoms with Crippen LogP contribution in [0.1, 0.15) is 12.8 Å². The lowest BCUT2D eigenvalue weighted by Gasteiger charge is -2.13. The maximum Gasteiger partial charge on any atom is 0.253 e. The van der Waals surface area contributed by atoms with Crippen molar-refractivity contribution in [3.05, 3.63) is 48.5 Å². The fraction of sp³-hybridized carbons (Fsp3) is 0.278. The summed E-state index contributed by atoms with van der Waals surface area (Å²) in [6, 6.07) is 12.6. The van der Waals surface area contributed by atoms with E-state index < -0.39 is 16.1 Å². The van der Waals surface area contributed by atoms with Gasteiger partial charge in [0.05, 0.1) is 11.0 Å². The van der Waals surface area contributed by atoms with Gasteiger partial charge in [0.15, 0.2) is 0 Å². The van der Waals surface area contributed by atoms with Gasteiger partial charge in [-0.15, -0.1) is 12.4 Å². The van der Waals surface area contributed by atoms with Crippen LogP contribution in [0.3, 0.4) is 0 Å². The second-order valence-corrected chi connectivity index (χ2v) is 7.75. The molecule has 0 radical (unpaired) electrons. The summed E-state index contributed by atoms with van der Waals surface area (Å²) in [5.41, 5.74) is 6.17. The Bertz CT molecular complexity index is 904. The standard InChI is InChI=1S/C18H21N3O5S.ClH/c19-11-15-7-10-17(26-15)18(22)21-12-1-3-13(4-2-12)25-14-5-8-16(9-6-14)27(20,23)24;/h1-6,8-9,15,17H,7,10-11,19H2,(H,21,22)(H2,20,23,24);1H/t15-,17+;/m1./s1. The summed E-state index contributed by atoms with van der Waals surface area (Å²) in [6.07, 6.45) is 0.902. The van der Waals surface area contributed by atoms with Crippen LogP contribution in [-0.4, -0.2) is 33.1 Å². The molecule has 5 N–H and O–H groups in total. The highest BCUT2D eigenvalue weighted by atomic mass is 35.5. The number of nitrogens with one attached hydrogen (secondary N) is 1. The predicted molar refractivity (Wildman–Crippen MR) is 107 cm³/mol. The van der Waals surface area contributed by atoms with Gasteiger partial charge in [0.2, 0.25) is 10.0 Å². The second kappa shape index (κ2) is 9.35. The summed E-state index contributed by atoms with van der Waals surface area (Å²) in [5, 5.41) is 7.86. The van der Waals surface area contributed by atoms with Gasteiger partial charge in [0.25, 0.3) is 5.91 Å². The largest absolute Gasteiger partial charge is 0.457 e. The van der Waals surface area contributed by atoms with Crippen LogP contribution in [-0.2, 0) is 19.6 Å². The molecule has 0 unspecified atom stereocenters. The predicted octanol–water partition coefficient (Wildman–Crippen LogP) is 1.99. The molecule has 28 heavy (non-hydrogen) atoms. The molecule has 1 saturated heterocycles. The summed E-state index contributed by atoms with van der Waals surface area (Å²) < 4.78 is 33.7. The van der Waals surface area contributed by atoms with Crippen LogP contribution in [0.5, 0.6) is 11.5 Å².